The SMILES string of the molecule is C[Se]C(C)([Se]C)C1CCCC(=O)C1. The molecule has 0 spiro atoms. The first-order valence-electron chi connectivity index (χ1n) is 4.74. The molecule has 1 fully saturated rings. The molecule has 1 unspecified atom stereocenters. The van der Waals surface area contributed by atoms with Crippen molar-refractivity contribution in [3.05, 3.63) is 0 Å². The van der Waals surface area contributed by atoms with Gasteiger partial charge in [-0.15, -0.1) is 0 Å². The average molecular weight is 312 g/mol. The van der Waals surface area contributed by atoms with Crippen molar-refractivity contribution in [2.24, 2.45) is 5.92 Å². The molecule has 1 saturated carbocycles. The van der Waals surface area contributed by atoms with Gasteiger partial charge in [-0.2, -0.15) is 0 Å². The molecule has 1 rings (SSSR count). The van der Waals surface area contributed by atoms with E-state index in [9.17, 15) is 4.79 Å². The van der Waals surface area contributed by atoms with E-state index in [0.717, 1.165) is 19.3 Å². The summed E-state index contributed by atoms with van der Waals surface area (Å²) >= 11 is 1.40. The second kappa shape index (κ2) is 4.98. The van der Waals surface area contributed by atoms with Gasteiger partial charge in [-0.05, 0) is 0 Å². The van der Waals surface area contributed by atoms with Crippen LogP contribution >= 0.6 is 0 Å². The topological polar surface area (TPSA) is 17.1 Å². The summed E-state index contributed by atoms with van der Waals surface area (Å²) in [5.74, 6) is 5.88. The third-order valence-corrected chi connectivity index (χ3v) is 11.5. The number of rotatable bonds is 3. The zero-order chi connectivity index (χ0) is 9.90. The summed E-state index contributed by atoms with van der Waals surface area (Å²) in [6.07, 6.45) is 4.17. The van der Waals surface area contributed by atoms with Crippen molar-refractivity contribution >= 4 is 35.7 Å². The molecule has 3 heteroatoms. The molecule has 0 radical (unpaired) electrons. The molecule has 0 amide bonds. The van der Waals surface area contributed by atoms with Crippen molar-refractivity contribution in [3.63, 3.8) is 0 Å². The normalized spacial score (nSPS) is 24.8. The molecule has 76 valence electrons. The molecule has 13 heavy (non-hydrogen) atoms. The van der Waals surface area contributed by atoms with E-state index in [1.165, 1.54) is 6.42 Å². The standard InChI is InChI=1S/C10H18OSe2/c1-10(12-2,13-3)8-5-4-6-9(11)7-8/h8H,4-7H2,1-3H3. The van der Waals surface area contributed by atoms with Crippen LogP contribution in [-0.4, -0.2) is 35.7 Å². The minimum atomic E-state index is 0.510. The summed E-state index contributed by atoms with van der Waals surface area (Å²) in [5, 5.41) is 0. The van der Waals surface area contributed by atoms with Crippen LogP contribution in [-0.2, 0) is 4.79 Å². The van der Waals surface area contributed by atoms with Gasteiger partial charge in [0.05, 0.1) is 0 Å². The Labute approximate surface area is 93.7 Å². The van der Waals surface area contributed by atoms with Gasteiger partial charge in [-0.1, -0.05) is 0 Å². The van der Waals surface area contributed by atoms with Gasteiger partial charge >= 0.3 is 93.9 Å². The van der Waals surface area contributed by atoms with Crippen LogP contribution in [0, 0.1) is 5.92 Å². The van der Waals surface area contributed by atoms with Crippen LogP contribution in [0.4, 0.5) is 0 Å². The summed E-state index contributed by atoms with van der Waals surface area (Å²) in [7, 11) is 0. The van der Waals surface area contributed by atoms with Gasteiger partial charge in [0.1, 0.15) is 0 Å². The Morgan fingerprint density at radius 1 is 1.38 bits per heavy atom. The van der Waals surface area contributed by atoms with Gasteiger partial charge in [0, 0.05) is 0 Å². The van der Waals surface area contributed by atoms with Gasteiger partial charge < -0.3 is 0 Å². The van der Waals surface area contributed by atoms with Crippen molar-refractivity contribution < 1.29 is 4.79 Å². The van der Waals surface area contributed by atoms with Gasteiger partial charge in [0.15, 0.2) is 0 Å². The Balaban J connectivity index is 2.62. The zero-order valence-corrected chi connectivity index (χ0v) is 12.1. The number of hydrogen-bond acceptors (Lipinski definition) is 1. The molecule has 0 N–H and O–H groups in total. The molecule has 1 aliphatic rings. The van der Waals surface area contributed by atoms with Crippen molar-refractivity contribution in [2.45, 2.75) is 47.5 Å². The van der Waals surface area contributed by atoms with E-state index in [0.29, 0.717) is 44.8 Å². The monoisotopic (exact) mass is 314 g/mol. The Hall–Kier alpha value is 0.709. The number of hydrogen-bond donors (Lipinski definition) is 0. The quantitative estimate of drug-likeness (QED) is 0.731. The van der Waals surface area contributed by atoms with Crippen LogP contribution < -0.4 is 0 Å². The molecule has 0 aromatic heterocycles. The van der Waals surface area contributed by atoms with Crippen LogP contribution in [0.5, 0.6) is 0 Å². The van der Waals surface area contributed by atoms with Gasteiger partial charge in [-0.3, -0.25) is 0 Å². The Bertz CT molecular complexity index is 187. The van der Waals surface area contributed by atoms with E-state index in [4.69, 9.17) is 0 Å². The van der Waals surface area contributed by atoms with Crippen LogP contribution in [0.15, 0.2) is 0 Å². The first kappa shape index (κ1) is 11.8. The molecule has 0 aliphatic heterocycles. The number of Topliss-reactive ketones (excluding diaryl/α,β-unsaturated/α-hetero) is 1. The third kappa shape index (κ3) is 2.83. The number of carbonyl (C=O) groups is 1. The predicted molar refractivity (Wildman–Crippen MR) is 58.6 cm³/mol. The van der Waals surface area contributed by atoms with Gasteiger partial charge in [-0.25, -0.2) is 0 Å². The van der Waals surface area contributed by atoms with Crippen LogP contribution in [0.3, 0.4) is 0 Å². The van der Waals surface area contributed by atoms with Crippen LogP contribution in [0.2, 0.25) is 14.9 Å². The van der Waals surface area contributed by atoms with E-state index >= 15 is 0 Å². The third-order valence-electron chi connectivity index (χ3n) is 3.03. The molecule has 0 bridgehead atoms. The molecule has 1 nitrogen and oxygen atoms in total. The van der Waals surface area contributed by atoms with Crippen molar-refractivity contribution in [1.82, 2.24) is 0 Å². The first-order chi connectivity index (χ1) is 6.12. The fraction of sp³-hybridized carbons (Fsp3) is 0.900. The Kier molecular flexibility index (Phi) is 4.51. The van der Waals surface area contributed by atoms with Gasteiger partial charge in [0.2, 0.25) is 0 Å². The molecule has 0 saturated heterocycles. The Morgan fingerprint density at radius 2 is 2.00 bits per heavy atom. The molecule has 0 aromatic rings. The van der Waals surface area contributed by atoms with Crippen molar-refractivity contribution in [3.8, 4) is 0 Å². The second-order valence-electron chi connectivity index (χ2n) is 3.76. The van der Waals surface area contributed by atoms with Crippen LogP contribution in [0.25, 0.3) is 0 Å². The minimum absolute atomic E-state index is 0.510. The summed E-state index contributed by atoms with van der Waals surface area (Å²) in [6.45, 7) is 2.40. The maximum absolute atomic E-state index is 11.4. The number of carbonyl (C=O) groups excluding carboxylic acids is 1. The fourth-order valence-corrected chi connectivity index (χ4v) is 6.30. The van der Waals surface area contributed by atoms with Crippen molar-refractivity contribution in [2.75, 3.05) is 0 Å². The molecule has 1 aliphatic carbocycles. The second-order valence-corrected chi connectivity index (χ2v) is 10.3. The fourth-order valence-electron chi connectivity index (χ4n) is 1.89. The molecular weight excluding hydrogens is 294 g/mol. The molecule has 0 aromatic carbocycles. The zero-order valence-electron chi connectivity index (χ0n) is 8.63. The summed E-state index contributed by atoms with van der Waals surface area (Å²) in [5.41, 5.74) is 0. The molecule has 0 heterocycles. The van der Waals surface area contributed by atoms with E-state index < -0.39 is 0 Å². The summed E-state index contributed by atoms with van der Waals surface area (Å²) < 4.78 is 0.538. The van der Waals surface area contributed by atoms with Gasteiger partial charge in [0.25, 0.3) is 0 Å². The Morgan fingerprint density at radius 3 is 2.46 bits per heavy atom. The molecule has 1 atom stereocenters. The summed E-state index contributed by atoms with van der Waals surface area (Å²) in [6, 6.07) is 0. The number of ketones is 1. The van der Waals surface area contributed by atoms with E-state index in [2.05, 4.69) is 18.6 Å². The van der Waals surface area contributed by atoms with E-state index in [1.54, 1.807) is 0 Å². The van der Waals surface area contributed by atoms with Crippen LogP contribution in [0.1, 0.15) is 32.6 Å². The first-order valence-corrected chi connectivity index (χ1v) is 9.88. The van der Waals surface area contributed by atoms with E-state index in [-0.39, 0.29) is 0 Å². The van der Waals surface area contributed by atoms with E-state index in [1.807, 2.05) is 0 Å². The predicted octanol–water partition coefficient (Wildman–Crippen LogP) is 2.39. The van der Waals surface area contributed by atoms with Crippen molar-refractivity contribution in [1.29, 1.82) is 0 Å². The maximum atomic E-state index is 11.4. The average Bonchev–Trinajstić information content (AvgIpc) is 2.17. The molecular formula is C10H18OSe2. The summed E-state index contributed by atoms with van der Waals surface area (Å²) in [4.78, 5) is 11.4.